The number of terminal acetylenes is 1. The van der Waals surface area contributed by atoms with Gasteiger partial charge in [0.15, 0.2) is 0 Å². The zero-order chi connectivity index (χ0) is 14.5. The number of benzene rings is 1. The van der Waals surface area contributed by atoms with E-state index < -0.39 is 0 Å². The summed E-state index contributed by atoms with van der Waals surface area (Å²) in [5.74, 6) is 3.40. The molecule has 21 heavy (non-hydrogen) atoms. The maximum Gasteiger partial charge on any atom is 0.148 e. The molecule has 0 aliphatic heterocycles. The Kier molecular flexibility index (Phi) is 3.79. The van der Waals surface area contributed by atoms with E-state index in [1.807, 2.05) is 36.7 Å². The van der Waals surface area contributed by atoms with Crippen LogP contribution in [0.2, 0.25) is 0 Å². The van der Waals surface area contributed by atoms with Crippen molar-refractivity contribution in [2.45, 2.75) is 5.92 Å². The number of nitrogens with one attached hydrogen (secondary N) is 2. The molecule has 3 heteroatoms. The van der Waals surface area contributed by atoms with Crippen molar-refractivity contribution in [3.05, 3.63) is 77.9 Å². The monoisotopic (exact) mass is 276 g/mol. The minimum absolute atomic E-state index is 0.150. The van der Waals surface area contributed by atoms with Gasteiger partial charge < -0.3 is 14.7 Å². The molecule has 0 fully saturated rings. The summed E-state index contributed by atoms with van der Waals surface area (Å²) in [6.45, 7) is 0.288. The van der Waals surface area contributed by atoms with Crippen molar-refractivity contribution >= 4 is 0 Å². The average Bonchev–Trinajstić information content (AvgIpc) is 3.21. The summed E-state index contributed by atoms with van der Waals surface area (Å²) in [4.78, 5) is 6.59. The van der Waals surface area contributed by atoms with Crippen molar-refractivity contribution in [2.75, 3.05) is 6.61 Å². The highest BCUT2D eigenvalue weighted by atomic mass is 16.5. The Hall–Kier alpha value is -2.86. The molecule has 0 bridgehead atoms. The summed E-state index contributed by atoms with van der Waals surface area (Å²) < 4.78 is 5.42. The van der Waals surface area contributed by atoms with Crippen molar-refractivity contribution in [3.8, 4) is 18.1 Å². The molecule has 2 heterocycles. The van der Waals surface area contributed by atoms with Gasteiger partial charge in [-0.15, -0.1) is 6.42 Å². The zero-order valence-electron chi connectivity index (χ0n) is 11.5. The lowest BCUT2D eigenvalue weighted by atomic mass is 9.92. The highest BCUT2D eigenvalue weighted by Crippen LogP contribution is 2.30. The number of aromatic amines is 2. The van der Waals surface area contributed by atoms with Gasteiger partial charge in [-0.3, -0.25) is 0 Å². The normalized spacial score (nSPS) is 10.5. The Morgan fingerprint density at radius 3 is 2.05 bits per heavy atom. The topological polar surface area (TPSA) is 40.8 Å². The molecule has 3 aromatic rings. The van der Waals surface area contributed by atoms with E-state index in [2.05, 4.69) is 40.2 Å². The van der Waals surface area contributed by atoms with E-state index in [0.717, 1.165) is 17.1 Å². The van der Waals surface area contributed by atoms with E-state index in [1.54, 1.807) is 0 Å². The van der Waals surface area contributed by atoms with Gasteiger partial charge in [-0.25, -0.2) is 0 Å². The predicted molar refractivity (Wildman–Crippen MR) is 83.3 cm³/mol. The minimum atomic E-state index is 0.150. The van der Waals surface area contributed by atoms with Crippen LogP contribution in [0, 0.1) is 12.3 Å². The number of aromatic nitrogens is 2. The van der Waals surface area contributed by atoms with Crippen LogP contribution in [-0.2, 0) is 0 Å². The van der Waals surface area contributed by atoms with Crippen molar-refractivity contribution in [2.24, 2.45) is 0 Å². The molecule has 0 aliphatic rings. The maximum absolute atomic E-state index is 5.42. The second kappa shape index (κ2) is 6.06. The second-order valence-electron chi connectivity index (χ2n) is 4.75. The Balaban J connectivity index is 1.92. The van der Waals surface area contributed by atoms with Crippen LogP contribution in [0.25, 0.3) is 0 Å². The minimum Gasteiger partial charge on any atom is -0.481 e. The second-order valence-corrected chi connectivity index (χ2v) is 4.75. The van der Waals surface area contributed by atoms with Gasteiger partial charge in [0.1, 0.15) is 12.4 Å². The number of hydrogen-bond acceptors (Lipinski definition) is 1. The third-order valence-electron chi connectivity index (χ3n) is 3.40. The molecule has 2 aromatic heterocycles. The molecular formula is C18H16N2O. The molecule has 3 rings (SSSR count). The van der Waals surface area contributed by atoms with E-state index in [1.165, 1.54) is 5.56 Å². The van der Waals surface area contributed by atoms with Crippen LogP contribution in [0.5, 0.6) is 5.75 Å². The van der Waals surface area contributed by atoms with Gasteiger partial charge in [-0.05, 0) is 42.0 Å². The first kappa shape index (κ1) is 13.1. The van der Waals surface area contributed by atoms with Crippen LogP contribution < -0.4 is 4.74 Å². The molecule has 104 valence electrons. The fourth-order valence-corrected chi connectivity index (χ4v) is 2.46. The van der Waals surface area contributed by atoms with Gasteiger partial charge in [-0.1, -0.05) is 18.1 Å². The summed E-state index contributed by atoms with van der Waals surface area (Å²) >= 11 is 0. The third-order valence-corrected chi connectivity index (χ3v) is 3.40. The lowest BCUT2D eigenvalue weighted by molar-refractivity contribution is 0.370. The van der Waals surface area contributed by atoms with Gasteiger partial charge in [0.25, 0.3) is 0 Å². The molecule has 3 nitrogen and oxygen atoms in total. The van der Waals surface area contributed by atoms with Crippen molar-refractivity contribution in [1.82, 2.24) is 9.97 Å². The lowest BCUT2D eigenvalue weighted by Crippen LogP contribution is -2.04. The van der Waals surface area contributed by atoms with Crippen LogP contribution in [0.3, 0.4) is 0 Å². The first-order chi connectivity index (χ1) is 10.4. The molecule has 0 spiro atoms. The van der Waals surface area contributed by atoms with E-state index in [-0.39, 0.29) is 12.5 Å². The first-order valence-electron chi connectivity index (χ1n) is 6.81. The number of rotatable bonds is 5. The van der Waals surface area contributed by atoms with Crippen LogP contribution in [-0.4, -0.2) is 16.6 Å². The lowest BCUT2D eigenvalue weighted by Gasteiger charge is -2.16. The smallest absolute Gasteiger partial charge is 0.148 e. The van der Waals surface area contributed by atoms with Crippen molar-refractivity contribution < 1.29 is 4.74 Å². The summed E-state index contributed by atoms with van der Waals surface area (Å²) in [7, 11) is 0. The van der Waals surface area contributed by atoms with Crippen molar-refractivity contribution in [3.63, 3.8) is 0 Å². The SMILES string of the molecule is C#CCOc1ccc(C(c2ccc[nH]2)c2ccc[nH]2)cc1. The average molecular weight is 276 g/mol. The summed E-state index contributed by atoms with van der Waals surface area (Å²) in [5.41, 5.74) is 3.48. The Bertz CT molecular complexity index is 669. The van der Waals surface area contributed by atoms with Crippen LogP contribution >= 0.6 is 0 Å². The molecule has 0 atom stereocenters. The molecule has 0 unspecified atom stereocenters. The number of hydrogen-bond donors (Lipinski definition) is 2. The molecule has 0 radical (unpaired) electrons. The standard InChI is InChI=1S/C18H16N2O/c1-2-13-21-15-9-7-14(8-10-15)18(16-5-3-11-19-16)17-6-4-12-20-17/h1,3-12,18-20H,13H2. The largest absolute Gasteiger partial charge is 0.481 e. The quantitative estimate of drug-likeness (QED) is 0.688. The molecule has 1 aromatic carbocycles. The molecule has 2 N–H and O–H groups in total. The van der Waals surface area contributed by atoms with Crippen LogP contribution in [0.4, 0.5) is 0 Å². The molecule has 0 saturated heterocycles. The summed E-state index contributed by atoms with van der Waals surface area (Å²) in [5, 5.41) is 0. The van der Waals surface area contributed by atoms with Crippen LogP contribution in [0.15, 0.2) is 60.9 Å². The predicted octanol–water partition coefficient (Wildman–Crippen LogP) is 3.54. The fraction of sp³-hybridized carbons (Fsp3) is 0.111. The van der Waals surface area contributed by atoms with Gasteiger partial charge in [-0.2, -0.15) is 0 Å². The van der Waals surface area contributed by atoms with Gasteiger partial charge >= 0.3 is 0 Å². The van der Waals surface area contributed by atoms with Gasteiger partial charge in [0.05, 0.1) is 5.92 Å². The number of ether oxygens (including phenoxy) is 1. The fourth-order valence-electron chi connectivity index (χ4n) is 2.46. The first-order valence-corrected chi connectivity index (χ1v) is 6.81. The maximum atomic E-state index is 5.42. The van der Waals surface area contributed by atoms with E-state index >= 15 is 0 Å². The van der Waals surface area contributed by atoms with Gasteiger partial charge in [0.2, 0.25) is 0 Å². The van der Waals surface area contributed by atoms with E-state index in [9.17, 15) is 0 Å². The molecular weight excluding hydrogens is 260 g/mol. The van der Waals surface area contributed by atoms with E-state index in [4.69, 9.17) is 11.2 Å². The van der Waals surface area contributed by atoms with Crippen LogP contribution in [0.1, 0.15) is 22.9 Å². The summed E-state index contributed by atoms with van der Waals surface area (Å²) in [6, 6.07) is 16.2. The number of H-pyrrole nitrogens is 2. The summed E-state index contributed by atoms with van der Waals surface area (Å²) in [6.07, 6.45) is 9.08. The molecule has 0 saturated carbocycles. The Morgan fingerprint density at radius 2 is 1.57 bits per heavy atom. The molecule has 0 aliphatic carbocycles. The molecule has 0 amide bonds. The van der Waals surface area contributed by atoms with Gasteiger partial charge in [0, 0.05) is 23.8 Å². The Labute approximate surface area is 124 Å². The van der Waals surface area contributed by atoms with Crippen molar-refractivity contribution in [1.29, 1.82) is 0 Å². The third kappa shape index (κ3) is 2.85. The highest BCUT2D eigenvalue weighted by molar-refractivity contribution is 5.40. The highest BCUT2D eigenvalue weighted by Gasteiger charge is 2.18. The zero-order valence-corrected chi connectivity index (χ0v) is 11.5. The van der Waals surface area contributed by atoms with E-state index in [0.29, 0.717) is 0 Å². The Morgan fingerprint density at radius 1 is 0.952 bits per heavy atom.